The minimum atomic E-state index is -0.411. The van der Waals surface area contributed by atoms with E-state index < -0.39 is 5.82 Å². The van der Waals surface area contributed by atoms with Gasteiger partial charge >= 0.3 is 0 Å². The lowest BCUT2D eigenvalue weighted by molar-refractivity contribution is -0.126. The van der Waals surface area contributed by atoms with E-state index in [-0.39, 0.29) is 17.1 Å². The molecule has 0 aromatic heterocycles. The molecular formula is C14H19FN2O2. The van der Waals surface area contributed by atoms with Crippen molar-refractivity contribution in [1.82, 2.24) is 10.6 Å². The van der Waals surface area contributed by atoms with E-state index in [1.54, 1.807) is 12.1 Å². The minimum Gasteiger partial charge on any atom is -0.494 e. The van der Waals surface area contributed by atoms with Crippen LogP contribution in [0.4, 0.5) is 4.39 Å². The summed E-state index contributed by atoms with van der Waals surface area (Å²) in [6.45, 7) is 1.03. The van der Waals surface area contributed by atoms with Crippen molar-refractivity contribution in [2.75, 3.05) is 20.7 Å². The lowest BCUT2D eigenvalue weighted by Crippen LogP contribution is -2.37. The predicted molar refractivity (Wildman–Crippen MR) is 70.4 cm³/mol. The van der Waals surface area contributed by atoms with E-state index in [0.717, 1.165) is 18.4 Å². The van der Waals surface area contributed by atoms with Gasteiger partial charge in [0.2, 0.25) is 5.91 Å². The largest absolute Gasteiger partial charge is 0.494 e. The Balaban J connectivity index is 1.92. The van der Waals surface area contributed by atoms with Crippen LogP contribution in [0.25, 0.3) is 0 Å². The average Bonchev–Trinajstić information content (AvgIpc) is 3.17. The molecule has 0 bridgehead atoms. The van der Waals surface area contributed by atoms with Gasteiger partial charge in [-0.15, -0.1) is 0 Å². The number of hydrogen-bond donors (Lipinski definition) is 2. The third kappa shape index (κ3) is 3.04. The Morgan fingerprint density at radius 2 is 2.21 bits per heavy atom. The van der Waals surface area contributed by atoms with E-state index in [4.69, 9.17) is 4.74 Å². The molecule has 1 aliphatic rings. The highest BCUT2D eigenvalue weighted by Crippen LogP contribution is 2.45. The zero-order chi connectivity index (χ0) is 13.9. The Kier molecular flexibility index (Phi) is 4.04. The molecule has 0 radical (unpaired) electrons. The number of carbonyl (C=O) groups is 1. The molecule has 2 N–H and O–H groups in total. The summed E-state index contributed by atoms with van der Waals surface area (Å²) < 4.78 is 18.3. The molecule has 1 fully saturated rings. The predicted octanol–water partition coefficient (Wildman–Crippen LogP) is 1.45. The van der Waals surface area contributed by atoms with Gasteiger partial charge in [0.25, 0.3) is 0 Å². The molecular weight excluding hydrogens is 247 g/mol. The lowest BCUT2D eigenvalue weighted by Gasteiger charge is -2.14. The number of carbonyl (C=O) groups excluding carboxylic acids is 1. The molecule has 2 rings (SSSR count). The SMILES string of the molecule is CNCC1(C(=O)NCc2ccc(OC)c(F)c2)CC1. The number of rotatable bonds is 6. The van der Waals surface area contributed by atoms with Crippen molar-refractivity contribution in [3.8, 4) is 5.75 Å². The fourth-order valence-electron chi connectivity index (χ4n) is 2.16. The second kappa shape index (κ2) is 5.57. The van der Waals surface area contributed by atoms with E-state index in [2.05, 4.69) is 10.6 Å². The number of benzene rings is 1. The van der Waals surface area contributed by atoms with Crippen LogP contribution in [0, 0.1) is 11.2 Å². The van der Waals surface area contributed by atoms with E-state index in [0.29, 0.717) is 13.1 Å². The molecule has 1 saturated carbocycles. The van der Waals surface area contributed by atoms with Crippen molar-refractivity contribution in [1.29, 1.82) is 0 Å². The smallest absolute Gasteiger partial charge is 0.227 e. The molecule has 19 heavy (non-hydrogen) atoms. The summed E-state index contributed by atoms with van der Waals surface area (Å²) in [5.74, 6) is -0.160. The molecule has 0 spiro atoms. The normalized spacial score (nSPS) is 15.9. The summed E-state index contributed by atoms with van der Waals surface area (Å²) >= 11 is 0. The van der Waals surface area contributed by atoms with E-state index in [1.165, 1.54) is 13.2 Å². The van der Waals surface area contributed by atoms with Crippen LogP contribution in [0.2, 0.25) is 0 Å². The molecule has 1 aromatic carbocycles. The summed E-state index contributed by atoms with van der Waals surface area (Å²) in [6, 6.07) is 4.70. The third-order valence-corrected chi connectivity index (χ3v) is 3.52. The second-order valence-corrected chi connectivity index (χ2v) is 4.96. The summed E-state index contributed by atoms with van der Waals surface area (Å²) in [6.07, 6.45) is 1.83. The lowest BCUT2D eigenvalue weighted by atomic mass is 10.1. The summed E-state index contributed by atoms with van der Waals surface area (Å²) in [7, 11) is 3.26. The maximum absolute atomic E-state index is 13.5. The molecule has 0 unspecified atom stereocenters. The number of nitrogens with one attached hydrogen (secondary N) is 2. The van der Waals surface area contributed by atoms with Gasteiger partial charge in [-0.05, 0) is 37.6 Å². The molecule has 1 aromatic rings. The molecule has 5 heteroatoms. The number of methoxy groups -OCH3 is 1. The number of amides is 1. The highest BCUT2D eigenvalue weighted by atomic mass is 19.1. The first-order valence-corrected chi connectivity index (χ1v) is 6.36. The van der Waals surface area contributed by atoms with Gasteiger partial charge in [0, 0.05) is 13.1 Å². The van der Waals surface area contributed by atoms with Crippen molar-refractivity contribution in [2.45, 2.75) is 19.4 Å². The Morgan fingerprint density at radius 1 is 1.47 bits per heavy atom. The van der Waals surface area contributed by atoms with Gasteiger partial charge in [-0.1, -0.05) is 6.07 Å². The van der Waals surface area contributed by atoms with Crippen LogP contribution >= 0.6 is 0 Å². The first-order valence-electron chi connectivity index (χ1n) is 6.36. The van der Waals surface area contributed by atoms with Crippen LogP contribution in [-0.4, -0.2) is 26.6 Å². The first kappa shape index (κ1) is 13.8. The molecule has 0 saturated heterocycles. The maximum atomic E-state index is 13.5. The van der Waals surface area contributed by atoms with E-state index >= 15 is 0 Å². The molecule has 104 valence electrons. The van der Waals surface area contributed by atoms with Gasteiger partial charge in [-0.2, -0.15) is 0 Å². The molecule has 0 heterocycles. The zero-order valence-corrected chi connectivity index (χ0v) is 11.3. The fraction of sp³-hybridized carbons (Fsp3) is 0.500. The fourth-order valence-corrected chi connectivity index (χ4v) is 2.16. The quantitative estimate of drug-likeness (QED) is 0.819. The summed E-state index contributed by atoms with van der Waals surface area (Å²) in [5.41, 5.74) is 0.478. The van der Waals surface area contributed by atoms with Crippen LogP contribution in [0.1, 0.15) is 18.4 Å². The van der Waals surface area contributed by atoms with Gasteiger partial charge in [0.05, 0.1) is 12.5 Å². The van der Waals surface area contributed by atoms with Crippen molar-refractivity contribution in [2.24, 2.45) is 5.41 Å². The van der Waals surface area contributed by atoms with Crippen molar-refractivity contribution >= 4 is 5.91 Å². The van der Waals surface area contributed by atoms with Crippen molar-refractivity contribution in [3.63, 3.8) is 0 Å². The molecule has 1 amide bonds. The van der Waals surface area contributed by atoms with Gasteiger partial charge in [0.1, 0.15) is 0 Å². The Morgan fingerprint density at radius 3 is 2.74 bits per heavy atom. The highest BCUT2D eigenvalue weighted by Gasteiger charge is 2.48. The van der Waals surface area contributed by atoms with Crippen molar-refractivity contribution in [3.05, 3.63) is 29.6 Å². The highest BCUT2D eigenvalue weighted by molar-refractivity contribution is 5.85. The van der Waals surface area contributed by atoms with Crippen LogP contribution < -0.4 is 15.4 Å². The second-order valence-electron chi connectivity index (χ2n) is 4.96. The third-order valence-electron chi connectivity index (χ3n) is 3.52. The number of ether oxygens (including phenoxy) is 1. The van der Waals surface area contributed by atoms with Crippen LogP contribution in [0.5, 0.6) is 5.75 Å². The van der Waals surface area contributed by atoms with Crippen LogP contribution in [0.3, 0.4) is 0 Å². The zero-order valence-electron chi connectivity index (χ0n) is 11.3. The molecule has 1 aliphatic carbocycles. The monoisotopic (exact) mass is 266 g/mol. The van der Waals surface area contributed by atoms with Gasteiger partial charge in [-0.25, -0.2) is 4.39 Å². The minimum absolute atomic E-state index is 0.0399. The van der Waals surface area contributed by atoms with Crippen molar-refractivity contribution < 1.29 is 13.9 Å². The van der Waals surface area contributed by atoms with E-state index in [9.17, 15) is 9.18 Å². The topological polar surface area (TPSA) is 50.4 Å². The molecule has 0 atom stereocenters. The maximum Gasteiger partial charge on any atom is 0.227 e. The van der Waals surface area contributed by atoms with E-state index in [1.807, 2.05) is 7.05 Å². The molecule has 4 nitrogen and oxygen atoms in total. The van der Waals surface area contributed by atoms with Gasteiger partial charge in [0.15, 0.2) is 11.6 Å². The van der Waals surface area contributed by atoms with Crippen LogP contribution in [-0.2, 0) is 11.3 Å². The Labute approximate surface area is 112 Å². The van der Waals surface area contributed by atoms with Crippen LogP contribution in [0.15, 0.2) is 18.2 Å². The summed E-state index contributed by atoms with van der Waals surface area (Å²) in [5, 5.41) is 5.90. The van der Waals surface area contributed by atoms with Gasteiger partial charge < -0.3 is 15.4 Å². The standard InChI is InChI=1S/C14H19FN2O2/c1-16-9-14(5-6-14)13(18)17-8-10-3-4-12(19-2)11(15)7-10/h3-4,7,16H,5-6,8-9H2,1-2H3,(H,17,18). The first-order chi connectivity index (χ1) is 9.11. The number of hydrogen-bond acceptors (Lipinski definition) is 3. The number of halogens is 1. The molecule has 0 aliphatic heterocycles. The Bertz CT molecular complexity index is 473. The van der Waals surface area contributed by atoms with Gasteiger partial charge in [-0.3, -0.25) is 4.79 Å². The average molecular weight is 266 g/mol. The Hall–Kier alpha value is -1.62. The summed E-state index contributed by atoms with van der Waals surface area (Å²) in [4.78, 5) is 12.0.